The number of amides is 1. The third kappa shape index (κ3) is 6.97. The zero-order valence-corrected chi connectivity index (χ0v) is 21.9. The molecule has 39 heavy (non-hydrogen) atoms. The van der Waals surface area contributed by atoms with Crippen molar-refractivity contribution in [1.82, 2.24) is 15.1 Å². The van der Waals surface area contributed by atoms with Crippen molar-refractivity contribution in [3.63, 3.8) is 0 Å². The van der Waals surface area contributed by atoms with E-state index in [1.807, 2.05) is 30.3 Å². The highest BCUT2D eigenvalue weighted by Crippen LogP contribution is 2.31. The second kappa shape index (κ2) is 11.9. The van der Waals surface area contributed by atoms with Gasteiger partial charge in [-0.2, -0.15) is 18.3 Å². The average molecular weight is 544 g/mol. The van der Waals surface area contributed by atoms with Gasteiger partial charge in [0.05, 0.1) is 5.69 Å². The predicted octanol–water partition coefficient (Wildman–Crippen LogP) is 4.98. The SMILES string of the molecule is CC(C)N1CCN(c2ccc(C(=O)Nc3cccc(-c4n[nH]c5c4CCC5)c3)cc2)CC1.O=C(O)C(F)(F)F. The number of hydrogen-bond acceptors (Lipinski definition) is 5. The molecular formula is C28H32F3N5O3. The number of H-pyrrole nitrogens is 1. The van der Waals surface area contributed by atoms with Crippen molar-refractivity contribution in [2.45, 2.75) is 45.3 Å². The average Bonchev–Trinajstić information content (AvgIpc) is 3.53. The van der Waals surface area contributed by atoms with Crippen LogP contribution in [0.25, 0.3) is 11.3 Å². The van der Waals surface area contributed by atoms with Gasteiger partial charge in [-0.1, -0.05) is 12.1 Å². The normalized spacial score (nSPS) is 15.5. The van der Waals surface area contributed by atoms with Crippen LogP contribution in [0.15, 0.2) is 48.5 Å². The number of carboxylic acids is 1. The van der Waals surface area contributed by atoms with Gasteiger partial charge < -0.3 is 15.3 Å². The summed E-state index contributed by atoms with van der Waals surface area (Å²) in [6, 6.07) is 16.5. The van der Waals surface area contributed by atoms with Gasteiger partial charge in [0.2, 0.25) is 0 Å². The topological polar surface area (TPSA) is 102 Å². The van der Waals surface area contributed by atoms with E-state index in [2.05, 4.69) is 57.4 Å². The largest absolute Gasteiger partial charge is 0.490 e. The molecule has 1 saturated heterocycles. The number of fused-ring (bicyclic) bond motifs is 1. The van der Waals surface area contributed by atoms with Crippen molar-refractivity contribution in [2.24, 2.45) is 0 Å². The van der Waals surface area contributed by atoms with Crippen LogP contribution >= 0.6 is 0 Å². The molecular weight excluding hydrogens is 511 g/mol. The molecule has 1 aliphatic carbocycles. The number of carbonyl (C=O) groups excluding carboxylic acids is 1. The van der Waals surface area contributed by atoms with Gasteiger partial charge in [0, 0.05) is 66.0 Å². The maximum Gasteiger partial charge on any atom is 0.490 e. The van der Waals surface area contributed by atoms with E-state index >= 15 is 0 Å². The summed E-state index contributed by atoms with van der Waals surface area (Å²) >= 11 is 0. The van der Waals surface area contributed by atoms with Crippen LogP contribution in [0.1, 0.15) is 41.9 Å². The van der Waals surface area contributed by atoms with Crippen LogP contribution in [0.4, 0.5) is 24.5 Å². The lowest BCUT2D eigenvalue weighted by molar-refractivity contribution is -0.192. The van der Waals surface area contributed by atoms with E-state index in [0.717, 1.165) is 56.0 Å². The summed E-state index contributed by atoms with van der Waals surface area (Å²) in [5.74, 6) is -2.85. The van der Waals surface area contributed by atoms with Crippen LogP contribution in [0.2, 0.25) is 0 Å². The first-order chi connectivity index (χ1) is 18.5. The summed E-state index contributed by atoms with van der Waals surface area (Å²) in [7, 11) is 0. The lowest BCUT2D eigenvalue weighted by Gasteiger charge is -2.38. The van der Waals surface area contributed by atoms with E-state index in [0.29, 0.717) is 11.6 Å². The van der Waals surface area contributed by atoms with E-state index in [4.69, 9.17) is 9.90 Å². The number of rotatable bonds is 5. The number of halogens is 3. The highest BCUT2D eigenvalue weighted by atomic mass is 19.4. The van der Waals surface area contributed by atoms with E-state index in [9.17, 15) is 18.0 Å². The van der Waals surface area contributed by atoms with Crippen molar-refractivity contribution >= 4 is 23.3 Å². The van der Waals surface area contributed by atoms with E-state index in [-0.39, 0.29) is 5.91 Å². The second-order valence-corrected chi connectivity index (χ2v) is 9.88. The summed E-state index contributed by atoms with van der Waals surface area (Å²) in [4.78, 5) is 26.6. The number of benzene rings is 2. The zero-order valence-electron chi connectivity index (χ0n) is 21.9. The number of alkyl halides is 3. The molecule has 5 rings (SSSR count). The maximum absolute atomic E-state index is 12.9. The molecule has 2 aromatic carbocycles. The van der Waals surface area contributed by atoms with Crippen molar-refractivity contribution in [3.8, 4) is 11.3 Å². The third-order valence-corrected chi connectivity index (χ3v) is 6.98. The van der Waals surface area contributed by atoms with Crippen LogP contribution < -0.4 is 10.2 Å². The van der Waals surface area contributed by atoms with Crippen LogP contribution in [0, 0.1) is 0 Å². The fraction of sp³-hybridized carbons (Fsp3) is 0.393. The Balaban J connectivity index is 0.000000448. The van der Waals surface area contributed by atoms with Crippen molar-refractivity contribution in [1.29, 1.82) is 0 Å². The number of aromatic amines is 1. The summed E-state index contributed by atoms with van der Waals surface area (Å²) < 4.78 is 31.7. The van der Waals surface area contributed by atoms with E-state index < -0.39 is 12.1 Å². The Morgan fingerprint density at radius 3 is 2.31 bits per heavy atom. The zero-order chi connectivity index (χ0) is 28.2. The minimum absolute atomic E-state index is 0.0921. The predicted molar refractivity (Wildman–Crippen MR) is 143 cm³/mol. The first kappa shape index (κ1) is 28.2. The van der Waals surface area contributed by atoms with Gasteiger partial charge in [-0.3, -0.25) is 14.8 Å². The fourth-order valence-electron chi connectivity index (χ4n) is 4.83. The Morgan fingerprint density at radius 2 is 1.69 bits per heavy atom. The monoisotopic (exact) mass is 543 g/mol. The first-order valence-electron chi connectivity index (χ1n) is 12.9. The van der Waals surface area contributed by atoms with Crippen molar-refractivity contribution in [2.75, 3.05) is 36.4 Å². The molecule has 11 heteroatoms. The van der Waals surface area contributed by atoms with Gasteiger partial charge in [-0.25, -0.2) is 4.79 Å². The molecule has 0 saturated carbocycles. The molecule has 0 radical (unpaired) electrons. The fourth-order valence-corrected chi connectivity index (χ4v) is 4.83. The lowest BCUT2D eigenvalue weighted by atomic mass is 10.1. The number of hydrogen-bond donors (Lipinski definition) is 3. The maximum atomic E-state index is 12.9. The minimum Gasteiger partial charge on any atom is -0.475 e. The number of aliphatic carboxylic acids is 1. The summed E-state index contributed by atoms with van der Waals surface area (Å²) in [5.41, 5.74) is 7.25. The first-order valence-corrected chi connectivity index (χ1v) is 12.9. The quantitative estimate of drug-likeness (QED) is 0.420. The molecule has 3 N–H and O–H groups in total. The molecule has 0 atom stereocenters. The Labute approximate surface area is 224 Å². The second-order valence-electron chi connectivity index (χ2n) is 9.88. The molecule has 1 fully saturated rings. The number of nitrogens with one attached hydrogen (secondary N) is 2. The van der Waals surface area contributed by atoms with Crippen LogP contribution in [0.5, 0.6) is 0 Å². The van der Waals surface area contributed by atoms with Crippen LogP contribution in [-0.2, 0) is 17.6 Å². The molecule has 0 bridgehead atoms. The van der Waals surface area contributed by atoms with Gasteiger partial charge in [0.15, 0.2) is 0 Å². The van der Waals surface area contributed by atoms with Gasteiger partial charge in [0.25, 0.3) is 5.91 Å². The molecule has 8 nitrogen and oxygen atoms in total. The number of aryl methyl sites for hydroxylation is 1. The number of piperazine rings is 1. The molecule has 1 aromatic heterocycles. The summed E-state index contributed by atoms with van der Waals surface area (Å²) in [6.07, 6.45) is -1.77. The molecule has 1 aliphatic heterocycles. The number of aromatic nitrogens is 2. The van der Waals surface area contributed by atoms with Gasteiger partial charge in [-0.05, 0) is 69.5 Å². The number of anilines is 2. The molecule has 0 spiro atoms. The molecule has 2 aliphatic rings. The smallest absolute Gasteiger partial charge is 0.475 e. The standard InChI is InChI=1S/C26H31N5O.C2HF3O2/c1-18(2)30-13-15-31(16-14-30)22-11-9-19(10-12-22)26(32)27-21-6-3-5-20(17-21)25-23-7-4-8-24(23)28-29-25;3-2(4,5)1(6)7/h3,5-6,9-12,17-18H,4,7-8,13-16H2,1-2H3,(H,27,32)(H,28,29);(H,6,7). The van der Waals surface area contributed by atoms with Crippen molar-refractivity contribution in [3.05, 3.63) is 65.4 Å². The molecule has 3 aromatic rings. The Kier molecular flexibility index (Phi) is 8.59. The number of carboxylic acid groups (broad SMARTS) is 1. The Bertz CT molecular complexity index is 1300. The minimum atomic E-state index is -5.08. The highest BCUT2D eigenvalue weighted by Gasteiger charge is 2.38. The Hall–Kier alpha value is -3.86. The van der Waals surface area contributed by atoms with Crippen LogP contribution in [0.3, 0.4) is 0 Å². The van der Waals surface area contributed by atoms with Crippen molar-refractivity contribution < 1.29 is 27.9 Å². The molecule has 2 heterocycles. The van der Waals surface area contributed by atoms with Gasteiger partial charge >= 0.3 is 12.1 Å². The van der Waals surface area contributed by atoms with E-state index in [1.54, 1.807) is 0 Å². The Morgan fingerprint density at radius 1 is 1.03 bits per heavy atom. The molecule has 1 amide bonds. The summed E-state index contributed by atoms with van der Waals surface area (Å²) in [5, 5.41) is 17.8. The van der Waals surface area contributed by atoms with E-state index in [1.165, 1.54) is 23.4 Å². The van der Waals surface area contributed by atoms with Gasteiger partial charge in [0.1, 0.15) is 0 Å². The van der Waals surface area contributed by atoms with Gasteiger partial charge in [-0.15, -0.1) is 0 Å². The molecule has 208 valence electrons. The highest BCUT2D eigenvalue weighted by molar-refractivity contribution is 6.04. The van der Waals surface area contributed by atoms with Crippen LogP contribution in [-0.4, -0.2) is 70.5 Å². The summed E-state index contributed by atoms with van der Waals surface area (Å²) in [6.45, 7) is 8.70. The molecule has 0 unspecified atom stereocenters. The number of carbonyl (C=O) groups is 2. The number of nitrogens with zero attached hydrogens (tertiary/aromatic N) is 3. The third-order valence-electron chi connectivity index (χ3n) is 6.98. The lowest BCUT2D eigenvalue weighted by Crippen LogP contribution is -2.48.